The summed E-state index contributed by atoms with van der Waals surface area (Å²) in [6.45, 7) is 3.15. The van der Waals surface area contributed by atoms with Crippen LogP contribution in [0, 0.1) is 25.5 Å². The van der Waals surface area contributed by atoms with Gasteiger partial charge in [0.05, 0.1) is 22.3 Å². The second kappa shape index (κ2) is 6.65. The second-order valence-electron chi connectivity index (χ2n) is 6.66. The molecule has 29 heavy (non-hydrogen) atoms. The average molecular weight is 403 g/mol. The van der Waals surface area contributed by atoms with Gasteiger partial charge in [-0.25, -0.2) is 18.4 Å². The molecule has 0 radical (unpaired) electrons. The van der Waals surface area contributed by atoms with Gasteiger partial charge in [0.15, 0.2) is 11.5 Å². The summed E-state index contributed by atoms with van der Waals surface area (Å²) >= 11 is 0. The molecule has 0 fully saturated rings. The van der Waals surface area contributed by atoms with Crippen LogP contribution in [0.5, 0.6) is 0 Å². The number of fused-ring (bicyclic) bond motifs is 1. The molecule has 2 aromatic carbocycles. The monoisotopic (exact) mass is 403 g/mol. The average Bonchev–Trinajstić information content (AvgIpc) is 2.97. The third-order valence-corrected chi connectivity index (χ3v) is 4.68. The van der Waals surface area contributed by atoms with Crippen LogP contribution in [0.1, 0.15) is 16.8 Å². The molecule has 0 saturated carbocycles. The first-order valence-electron chi connectivity index (χ1n) is 8.66. The molecule has 3 nitrogen and oxygen atoms in total. The van der Waals surface area contributed by atoms with Crippen LogP contribution in [0.2, 0.25) is 0 Å². The van der Waals surface area contributed by atoms with E-state index in [-0.39, 0.29) is 28.1 Å². The molecule has 0 atom stereocenters. The minimum absolute atomic E-state index is 0.0416. The van der Waals surface area contributed by atoms with Gasteiger partial charge in [-0.3, -0.25) is 0 Å². The van der Waals surface area contributed by atoms with Crippen molar-refractivity contribution in [2.24, 2.45) is 0 Å². The molecular formula is C21H14F5N3. The van der Waals surface area contributed by atoms with Crippen molar-refractivity contribution < 1.29 is 22.0 Å². The zero-order chi connectivity index (χ0) is 20.9. The number of pyridine rings is 1. The molecule has 148 valence electrons. The second-order valence-corrected chi connectivity index (χ2v) is 6.66. The van der Waals surface area contributed by atoms with Crippen LogP contribution in [-0.2, 0) is 6.18 Å². The van der Waals surface area contributed by atoms with Crippen molar-refractivity contribution in [2.45, 2.75) is 20.0 Å². The first-order valence-corrected chi connectivity index (χ1v) is 8.66. The molecule has 0 N–H and O–H groups in total. The van der Waals surface area contributed by atoms with E-state index in [1.165, 1.54) is 6.92 Å². The molecule has 0 aliphatic heterocycles. The zero-order valence-corrected chi connectivity index (χ0v) is 15.4. The fourth-order valence-electron chi connectivity index (χ4n) is 3.33. The number of hydrogen-bond donors (Lipinski definition) is 0. The van der Waals surface area contributed by atoms with Crippen molar-refractivity contribution >= 4 is 11.0 Å². The Bertz CT molecular complexity index is 1240. The number of aromatic nitrogens is 3. The van der Waals surface area contributed by atoms with Gasteiger partial charge in [-0.1, -0.05) is 24.3 Å². The van der Waals surface area contributed by atoms with Gasteiger partial charge in [-0.15, -0.1) is 0 Å². The first kappa shape index (κ1) is 19.0. The number of alkyl halides is 3. The van der Waals surface area contributed by atoms with Crippen molar-refractivity contribution in [3.8, 4) is 16.9 Å². The lowest BCUT2D eigenvalue weighted by Gasteiger charge is -2.13. The maximum Gasteiger partial charge on any atom is 0.417 e. The Hall–Kier alpha value is -3.29. The van der Waals surface area contributed by atoms with Gasteiger partial charge >= 0.3 is 6.18 Å². The van der Waals surface area contributed by atoms with Gasteiger partial charge in [0, 0.05) is 11.6 Å². The lowest BCUT2D eigenvalue weighted by atomic mass is 10.0. The molecule has 2 heterocycles. The summed E-state index contributed by atoms with van der Waals surface area (Å²) in [6.07, 6.45) is -4.67. The molecule has 4 aromatic rings. The molecule has 8 heteroatoms. The summed E-state index contributed by atoms with van der Waals surface area (Å²) in [7, 11) is 0. The van der Waals surface area contributed by atoms with Crippen LogP contribution in [0.15, 0.2) is 48.5 Å². The Balaban J connectivity index is 2.10. The standard InChI is InChI=1S/C21H14F5N3/c1-11-5-3-4-6-14(11)17-10-15(21(24,25)26)19-12(2)28-29(20(19)27-17)18-8-7-13(22)9-16(18)23/h3-10H,1-2H3. The molecule has 4 rings (SSSR count). The summed E-state index contributed by atoms with van der Waals surface area (Å²) in [5.74, 6) is -1.75. The van der Waals surface area contributed by atoms with E-state index in [1.807, 2.05) is 0 Å². The molecule has 0 unspecified atom stereocenters. The fraction of sp³-hybridized carbons (Fsp3) is 0.143. The van der Waals surface area contributed by atoms with Crippen LogP contribution in [-0.4, -0.2) is 14.8 Å². The van der Waals surface area contributed by atoms with Crippen molar-refractivity contribution in [2.75, 3.05) is 0 Å². The largest absolute Gasteiger partial charge is 0.417 e. The van der Waals surface area contributed by atoms with Crippen LogP contribution < -0.4 is 0 Å². The maximum absolute atomic E-state index is 14.3. The number of aryl methyl sites for hydroxylation is 2. The van der Waals surface area contributed by atoms with Crippen molar-refractivity contribution in [3.63, 3.8) is 0 Å². The highest BCUT2D eigenvalue weighted by Gasteiger charge is 2.36. The number of hydrogen-bond acceptors (Lipinski definition) is 2. The molecule has 0 amide bonds. The van der Waals surface area contributed by atoms with Crippen molar-refractivity contribution in [3.05, 3.63) is 77.0 Å². The third kappa shape index (κ3) is 3.24. The summed E-state index contributed by atoms with van der Waals surface area (Å²) in [6, 6.07) is 10.6. The van der Waals surface area contributed by atoms with E-state index in [4.69, 9.17) is 0 Å². The topological polar surface area (TPSA) is 30.7 Å². The van der Waals surface area contributed by atoms with E-state index in [2.05, 4.69) is 10.1 Å². The van der Waals surface area contributed by atoms with Gasteiger partial charge in [-0.2, -0.15) is 18.3 Å². The highest BCUT2D eigenvalue weighted by Crippen LogP contribution is 2.39. The highest BCUT2D eigenvalue weighted by molar-refractivity contribution is 5.87. The molecule has 0 aliphatic carbocycles. The van der Waals surface area contributed by atoms with E-state index in [0.717, 1.165) is 28.4 Å². The van der Waals surface area contributed by atoms with Crippen LogP contribution in [0.4, 0.5) is 22.0 Å². The summed E-state index contributed by atoms with van der Waals surface area (Å²) < 4.78 is 70.2. The Morgan fingerprint density at radius 1 is 0.931 bits per heavy atom. The van der Waals surface area contributed by atoms with Crippen LogP contribution in [0.25, 0.3) is 28.0 Å². The smallest absolute Gasteiger partial charge is 0.228 e. The maximum atomic E-state index is 14.3. The highest BCUT2D eigenvalue weighted by atomic mass is 19.4. The molecule has 0 saturated heterocycles. The van der Waals surface area contributed by atoms with Crippen LogP contribution >= 0.6 is 0 Å². The van der Waals surface area contributed by atoms with E-state index < -0.39 is 23.4 Å². The molecular weight excluding hydrogens is 389 g/mol. The van der Waals surface area contributed by atoms with E-state index in [1.54, 1.807) is 31.2 Å². The Morgan fingerprint density at radius 2 is 1.66 bits per heavy atom. The molecule has 0 bridgehead atoms. The minimum atomic E-state index is -4.67. The normalized spacial score (nSPS) is 12.0. The van der Waals surface area contributed by atoms with Crippen molar-refractivity contribution in [1.82, 2.24) is 14.8 Å². The molecule has 2 aromatic heterocycles. The van der Waals surface area contributed by atoms with Gasteiger partial charge < -0.3 is 0 Å². The Labute approximate surface area is 162 Å². The predicted molar refractivity (Wildman–Crippen MR) is 98.7 cm³/mol. The summed E-state index contributed by atoms with van der Waals surface area (Å²) in [5.41, 5.74) is 0.139. The van der Waals surface area contributed by atoms with Gasteiger partial charge in [0.2, 0.25) is 0 Å². The molecule has 0 spiro atoms. The van der Waals surface area contributed by atoms with Crippen molar-refractivity contribution in [1.29, 1.82) is 0 Å². The molecule has 0 aliphatic rings. The van der Waals surface area contributed by atoms with Gasteiger partial charge in [0.25, 0.3) is 0 Å². The first-order chi connectivity index (χ1) is 13.7. The Kier molecular flexibility index (Phi) is 4.37. The minimum Gasteiger partial charge on any atom is -0.228 e. The summed E-state index contributed by atoms with van der Waals surface area (Å²) in [5, 5.41) is 3.85. The lowest BCUT2D eigenvalue weighted by molar-refractivity contribution is -0.136. The van der Waals surface area contributed by atoms with Gasteiger partial charge in [0.1, 0.15) is 11.5 Å². The fourth-order valence-corrected chi connectivity index (χ4v) is 3.33. The number of rotatable bonds is 2. The Morgan fingerprint density at radius 3 is 2.31 bits per heavy atom. The zero-order valence-electron chi connectivity index (χ0n) is 15.4. The van der Waals surface area contributed by atoms with E-state index >= 15 is 0 Å². The quantitative estimate of drug-likeness (QED) is 0.384. The van der Waals surface area contributed by atoms with Crippen LogP contribution in [0.3, 0.4) is 0 Å². The lowest BCUT2D eigenvalue weighted by Crippen LogP contribution is -2.08. The summed E-state index contributed by atoms with van der Waals surface area (Å²) in [4.78, 5) is 4.38. The predicted octanol–water partition coefficient (Wildman–Crippen LogP) is 6.00. The van der Waals surface area contributed by atoms with E-state index in [9.17, 15) is 22.0 Å². The third-order valence-electron chi connectivity index (χ3n) is 4.68. The van der Waals surface area contributed by atoms with E-state index in [0.29, 0.717) is 11.6 Å². The number of benzene rings is 2. The number of halogens is 5. The van der Waals surface area contributed by atoms with Gasteiger partial charge in [-0.05, 0) is 37.6 Å². The SMILES string of the molecule is Cc1ccccc1-c1cc(C(F)(F)F)c2c(C)nn(-c3ccc(F)cc3F)c2n1. The number of nitrogens with zero attached hydrogens (tertiary/aromatic N) is 3.